The molecule has 112 valence electrons. The number of ether oxygens (including phenoxy) is 1. The summed E-state index contributed by atoms with van der Waals surface area (Å²) in [6.07, 6.45) is 0. The number of nitrogens with two attached hydrogens (primary N) is 1. The van der Waals surface area contributed by atoms with Crippen LogP contribution in [0.1, 0.15) is 10.4 Å². The van der Waals surface area contributed by atoms with Crippen molar-refractivity contribution in [1.29, 1.82) is 0 Å². The summed E-state index contributed by atoms with van der Waals surface area (Å²) in [5.41, 5.74) is 4.75. The van der Waals surface area contributed by atoms with Gasteiger partial charge in [-0.1, -0.05) is 0 Å². The lowest BCUT2D eigenvalue weighted by Crippen LogP contribution is -2.54. The van der Waals surface area contributed by atoms with Gasteiger partial charge in [0.2, 0.25) is 5.91 Å². The van der Waals surface area contributed by atoms with E-state index in [-0.39, 0.29) is 25.3 Å². The normalized spacial score (nSPS) is 18.3. The second-order valence-electron chi connectivity index (χ2n) is 4.45. The van der Waals surface area contributed by atoms with Crippen molar-refractivity contribution in [2.24, 2.45) is 5.73 Å². The predicted octanol–water partition coefficient (Wildman–Crippen LogP) is -0.373. The highest BCUT2D eigenvalue weighted by Crippen LogP contribution is 2.27. The Morgan fingerprint density at radius 3 is 2.76 bits per heavy atom. The van der Waals surface area contributed by atoms with Gasteiger partial charge in [-0.25, -0.2) is 0 Å². The fourth-order valence-corrected chi connectivity index (χ4v) is 2.06. The van der Waals surface area contributed by atoms with E-state index < -0.39 is 34.2 Å². The van der Waals surface area contributed by atoms with Crippen LogP contribution >= 0.6 is 0 Å². The molecule has 1 heterocycles. The van der Waals surface area contributed by atoms with Crippen LogP contribution in [0.4, 0.5) is 5.69 Å². The van der Waals surface area contributed by atoms with Gasteiger partial charge in [-0.2, -0.15) is 0 Å². The molecule has 1 fully saturated rings. The van der Waals surface area contributed by atoms with Gasteiger partial charge in [-0.05, 0) is 12.1 Å². The summed E-state index contributed by atoms with van der Waals surface area (Å²) in [6.45, 7) is 0.429. The van der Waals surface area contributed by atoms with Gasteiger partial charge in [-0.3, -0.25) is 19.7 Å². The highest BCUT2D eigenvalue weighted by Gasteiger charge is 2.32. The number of morpholine rings is 1. The molecule has 1 aliphatic heterocycles. The number of carbonyl (C=O) groups excluding carboxylic acids is 2. The Bertz CT molecular complexity index is 603. The molecular weight excluding hydrogens is 282 g/mol. The lowest BCUT2D eigenvalue weighted by molar-refractivity contribution is -0.385. The Kier molecular flexibility index (Phi) is 4.03. The molecule has 9 nitrogen and oxygen atoms in total. The van der Waals surface area contributed by atoms with Gasteiger partial charge in [0.25, 0.3) is 5.91 Å². The molecule has 1 aromatic carbocycles. The van der Waals surface area contributed by atoms with Crippen LogP contribution < -0.4 is 5.73 Å². The smallest absolute Gasteiger partial charge is 0.310 e. The molecule has 1 atom stereocenters. The fourth-order valence-electron chi connectivity index (χ4n) is 2.06. The van der Waals surface area contributed by atoms with E-state index in [4.69, 9.17) is 10.5 Å². The van der Waals surface area contributed by atoms with Gasteiger partial charge >= 0.3 is 5.69 Å². The van der Waals surface area contributed by atoms with Crippen molar-refractivity contribution in [1.82, 2.24) is 4.90 Å². The number of primary amides is 1. The molecule has 0 radical (unpaired) electrons. The Labute approximate surface area is 119 Å². The van der Waals surface area contributed by atoms with Gasteiger partial charge in [0, 0.05) is 18.2 Å². The number of phenols is 1. The second-order valence-corrected chi connectivity index (χ2v) is 4.45. The fraction of sp³-hybridized carbons (Fsp3) is 0.333. The van der Waals surface area contributed by atoms with E-state index in [1.54, 1.807) is 0 Å². The van der Waals surface area contributed by atoms with Gasteiger partial charge in [0.05, 0.1) is 18.1 Å². The number of nitrogens with zero attached hydrogens (tertiary/aromatic N) is 2. The first-order valence-corrected chi connectivity index (χ1v) is 6.07. The van der Waals surface area contributed by atoms with Crippen LogP contribution in [-0.4, -0.2) is 52.5 Å². The summed E-state index contributed by atoms with van der Waals surface area (Å²) < 4.78 is 5.10. The van der Waals surface area contributed by atoms with Crippen molar-refractivity contribution in [2.75, 3.05) is 19.8 Å². The Balaban J connectivity index is 2.28. The van der Waals surface area contributed by atoms with E-state index in [0.717, 1.165) is 12.1 Å². The molecule has 0 bridgehead atoms. The number of amides is 2. The average Bonchev–Trinajstić information content (AvgIpc) is 2.45. The summed E-state index contributed by atoms with van der Waals surface area (Å²) in [4.78, 5) is 34.7. The molecule has 1 saturated heterocycles. The van der Waals surface area contributed by atoms with Crippen LogP contribution in [0.15, 0.2) is 18.2 Å². The zero-order valence-electron chi connectivity index (χ0n) is 10.9. The van der Waals surface area contributed by atoms with Crippen LogP contribution in [0, 0.1) is 10.1 Å². The summed E-state index contributed by atoms with van der Waals surface area (Å²) in [5.74, 6) is -1.86. The first kappa shape index (κ1) is 14.7. The maximum absolute atomic E-state index is 12.3. The van der Waals surface area contributed by atoms with Crippen LogP contribution in [0.3, 0.4) is 0 Å². The summed E-state index contributed by atoms with van der Waals surface area (Å²) >= 11 is 0. The molecule has 1 aromatic rings. The Morgan fingerprint density at radius 1 is 1.48 bits per heavy atom. The second kappa shape index (κ2) is 5.75. The quantitative estimate of drug-likeness (QED) is 0.576. The van der Waals surface area contributed by atoms with Crippen molar-refractivity contribution >= 4 is 17.5 Å². The van der Waals surface area contributed by atoms with Crippen molar-refractivity contribution in [3.05, 3.63) is 33.9 Å². The van der Waals surface area contributed by atoms with Crippen molar-refractivity contribution in [2.45, 2.75) is 6.04 Å². The third-order valence-electron chi connectivity index (χ3n) is 3.14. The highest BCUT2D eigenvalue weighted by atomic mass is 16.6. The maximum Gasteiger partial charge on any atom is 0.310 e. The van der Waals surface area contributed by atoms with Gasteiger partial charge < -0.3 is 20.5 Å². The number of nitro groups is 1. The van der Waals surface area contributed by atoms with E-state index in [1.807, 2.05) is 0 Å². The van der Waals surface area contributed by atoms with Crippen molar-refractivity contribution < 1.29 is 24.4 Å². The molecule has 9 heteroatoms. The first-order chi connectivity index (χ1) is 9.91. The van der Waals surface area contributed by atoms with Crippen LogP contribution in [0.25, 0.3) is 0 Å². The molecule has 1 aliphatic rings. The van der Waals surface area contributed by atoms with E-state index in [2.05, 4.69) is 0 Å². The summed E-state index contributed by atoms with van der Waals surface area (Å²) in [7, 11) is 0. The zero-order chi connectivity index (χ0) is 15.6. The molecule has 0 aliphatic carbocycles. The van der Waals surface area contributed by atoms with E-state index in [9.17, 15) is 24.8 Å². The molecule has 21 heavy (non-hydrogen) atoms. The highest BCUT2D eigenvalue weighted by molar-refractivity contribution is 5.98. The van der Waals surface area contributed by atoms with Crippen LogP contribution in [0.5, 0.6) is 5.75 Å². The Morgan fingerprint density at radius 2 is 2.19 bits per heavy atom. The number of carbonyl (C=O) groups is 2. The number of aromatic hydroxyl groups is 1. The third kappa shape index (κ3) is 2.92. The summed E-state index contributed by atoms with van der Waals surface area (Å²) in [5, 5.41) is 20.2. The molecule has 0 aromatic heterocycles. The van der Waals surface area contributed by atoms with Crippen LogP contribution in [0.2, 0.25) is 0 Å². The predicted molar refractivity (Wildman–Crippen MR) is 69.6 cm³/mol. The minimum absolute atomic E-state index is 0.0000365. The minimum Gasteiger partial charge on any atom is -0.502 e. The molecule has 2 rings (SSSR count). The SMILES string of the molecule is NC(=O)C1COCCN1C(=O)c1ccc([N+](=O)[O-])c(O)c1. The standard InChI is InChI=1S/C12H13N3O6/c13-11(17)9-6-21-4-3-14(9)12(18)7-1-2-8(15(19)20)10(16)5-7/h1-2,5,9,16H,3-4,6H2,(H2,13,17). The molecule has 1 unspecified atom stereocenters. The van der Waals surface area contributed by atoms with E-state index in [1.165, 1.54) is 11.0 Å². The van der Waals surface area contributed by atoms with Gasteiger partial charge in [0.15, 0.2) is 5.75 Å². The minimum atomic E-state index is -0.899. The van der Waals surface area contributed by atoms with E-state index in [0.29, 0.717) is 0 Å². The zero-order valence-corrected chi connectivity index (χ0v) is 10.9. The third-order valence-corrected chi connectivity index (χ3v) is 3.14. The first-order valence-electron chi connectivity index (χ1n) is 6.07. The number of phenolic OH excluding ortho intramolecular Hbond substituents is 1. The molecule has 2 amide bonds. The van der Waals surface area contributed by atoms with Crippen molar-refractivity contribution in [3.63, 3.8) is 0 Å². The van der Waals surface area contributed by atoms with Gasteiger partial charge in [-0.15, -0.1) is 0 Å². The Hall–Kier alpha value is -2.68. The lowest BCUT2D eigenvalue weighted by atomic mass is 10.1. The molecule has 0 spiro atoms. The van der Waals surface area contributed by atoms with Crippen molar-refractivity contribution in [3.8, 4) is 5.75 Å². The number of benzene rings is 1. The molecule has 3 N–H and O–H groups in total. The maximum atomic E-state index is 12.3. The van der Waals surface area contributed by atoms with E-state index >= 15 is 0 Å². The van der Waals surface area contributed by atoms with Gasteiger partial charge in [0.1, 0.15) is 6.04 Å². The summed E-state index contributed by atoms with van der Waals surface area (Å²) in [6, 6.07) is 2.34. The monoisotopic (exact) mass is 295 g/mol. The molecule has 0 saturated carbocycles. The number of hydrogen-bond acceptors (Lipinski definition) is 6. The number of rotatable bonds is 3. The number of nitro benzene ring substituents is 1. The largest absolute Gasteiger partial charge is 0.502 e. The molecular formula is C12H13N3O6. The topological polar surface area (TPSA) is 136 Å². The number of hydrogen-bond donors (Lipinski definition) is 2. The lowest BCUT2D eigenvalue weighted by Gasteiger charge is -2.33. The van der Waals surface area contributed by atoms with Crippen LogP contribution in [-0.2, 0) is 9.53 Å². The average molecular weight is 295 g/mol.